The first-order valence-corrected chi connectivity index (χ1v) is 8.60. The topological polar surface area (TPSA) is 82.8 Å². The summed E-state index contributed by atoms with van der Waals surface area (Å²) >= 11 is 3.06. The Labute approximate surface area is 139 Å². The molecule has 0 saturated carbocycles. The Bertz CT molecular complexity index is 896. The molecule has 7 nitrogen and oxygen atoms in total. The molecule has 0 aliphatic rings. The zero-order chi connectivity index (χ0) is 15.6. The SMILES string of the molecule is Cn1c(SCc2nc(-c3cccs3)no2)nnc1-c1ccco1. The second-order valence-corrected chi connectivity index (χ2v) is 6.51. The Balaban J connectivity index is 1.48. The molecule has 4 heterocycles. The van der Waals surface area contributed by atoms with Crippen molar-refractivity contribution in [2.45, 2.75) is 10.9 Å². The van der Waals surface area contributed by atoms with Gasteiger partial charge >= 0.3 is 0 Å². The predicted octanol–water partition coefficient (Wildman–Crippen LogP) is 3.48. The first kappa shape index (κ1) is 14.2. The number of hydrogen-bond acceptors (Lipinski definition) is 8. The van der Waals surface area contributed by atoms with Crippen LogP contribution in [0.4, 0.5) is 0 Å². The standard InChI is InChI=1S/C14H11N5O2S2/c1-19-13(9-4-2-6-20-9)16-17-14(19)23-8-11-15-12(18-21-11)10-5-3-7-22-10/h2-7H,8H2,1H3. The third kappa shape index (κ3) is 2.80. The van der Waals surface area contributed by atoms with E-state index in [9.17, 15) is 0 Å². The van der Waals surface area contributed by atoms with Crippen molar-refractivity contribution in [2.75, 3.05) is 0 Å². The van der Waals surface area contributed by atoms with Crippen molar-refractivity contribution in [2.24, 2.45) is 7.05 Å². The van der Waals surface area contributed by atoms with Crippen LogP contribution in [0.1, 0.15) is 5.89 Å². The summed E-state index contributed by atoms with van der Waals surface area (Å²) in [5.74, 6) is 3.07. The van der Waals surface area contributed by atoms with E-state index in [4.69, 9.17) is 8.94 Å². The fourth-order valence-electron chi connectivity index (χ4n) is 2.01. The van der Waals surface area contributed by atoms with Crippen molar-refractivity contribution in [3.8, 4) is 22.3 Å². The summed E-state index contributed by atoms with van der Waals surface area (Å²) in [5.41, 5.74) is 0. The van der Waals surface area contributed by atoms with Gasteiger partial charge in [-0.05, 0) is 23.6 Å². The van der Waals surface area contributed by atoms with E-state index in [-0.39, 0.29) is 0 Å². The van der Waals surface area contributed by atoms with Crippen molar-refractivity contribution in [3.05, 3.63) is 41.8 Å². The molecule has 0 radical (unpaired) electrons. The van der Waals surface area contributed by atoms with Gasteiger partial charge in [-0.3, -0.25) is 0 Å². The van der Waals surface area contributed by atoms with Crippen LogP contribution in [0, 0.1) is 0 Å². The highest BCUT2D eigenvalue weighted by molar-refractivity contribution is 7.98. The van der Waals surface area contributed by atoms with Crippen LogP contribution in [0.2, 0.25) is 0 Å². The number of furan rings is 1. The molecule has 0 fully saturated rings. The molecule has 0 N–H and O–H groups in total. The fraction of sp³-hybridized carbons (Fsp3) is 0.143. The third-order valence-corrected chi connectivity index (χ3v) is 4.98. The van der Waals surface area contributed by atoms with Crippen LogP contribution in [0.25, 0.3) is 22.3 Å². The molecule has 0 spiro atoms. The van der Waals surface area contributed by atoms with Gasteiger partial charge in [0.1, 0.15) is 0 Å². The normalized spacial score (nSPS) is 11.2. The van der Waals surface area contributed by atoms with Crippen LogP contribution < -0.4 is 0 Å². The quantitative estimate of drug-likeness (QED) is 0.512. The number of aromatic nitrogens is 5. The first-order chi connectivity index (χ1) is 11.3. The summed E-state index contributed by atoms with van der Waals surface area (Å²) < 4.78 is 12.5. The molecule has 4 rings (SSSR count). The number of rotatable bonds is 5. The highest BCUT2D eigenvalue weighted by atomic mass is 32.2. The van der Waals surface area contributed by atoms with Crippen LogP contribution in [0.15, 0.2) is 50.0 Å². The molecule has 0 bridgehead atoms. The lowest BCUT2D eigenvalue weighted by Crippen LogP contribution is -1.94. The molecule has 4 aromatic heterocycles. The van der Waals surface area contributed by atoms with Crippen molar-refractivity contribution in [3.63, 3.8) is 0 Å². The summed E-state index contributed by atoms with van der Waals surface area (Å²) in [6.07, 6.45) is 1.61. The summed E-state index contributed by atoms with van der Waals surface area (Å²) in [6, 6.07) is 7.59. The van der Waals surface area contributed by atoms with Gasteiger partial charge in [0.25, 0.3) is 0 Å². The van der Waals surface area contributed by atoms with E-state index in [0.29, 0.717) is 29.1 Å². The van der Waals surface area contributed by atoms with Gasteiger partial charge in [-0.25, -0.2) is 0 Å². The molecule has 0 aliphatic carbocycles. The zero-order valence-electron chi connectivity index (χ0n) is 12.0. The van der Waals surface area contributed by atoms with Gasteiger partial charge in [0.2, 0.25) is 11.7 Å². The van der Waals surface area contributed by atoms with Crippen LogP contribution in [0.3, 0.4) is 0 Å². The molecule has 0 unspecified atom stereocenters. The molecule has 23 heavy (non-hydrogen) atoms. The number of thioether (sulfide) groups is 1. The molecule has 0 saturated heterocycles. The van der Waals surface area contributed by atoms with Crippen molar-refractivity contribution >= 4 is 23.1 Å². The van der Waals surface area contributed by atoms with Gasteiger partial charge in [-0.15, -0.1) is 21.5 Å². The monoisotopic (exact) mass is 345 g/mol. The van der Waals surface area contributed by atoms with E-state index in [1.807, 2.05) is 41.3 Å². The average molecular weight is 345 g/mol. The lowest BCUT2D eigenvalue weighted by Gasteiger charge is -1.99. The van der Waals surface area contributed by atoms with E-state index < -0.39 is 0 Å². The third-order valence-electron chi connectivity index (χ3n) is 3.11. The maximum Gasteiger partial charge on any atom is 0.237 e. The van der Waals surface area contributed by atoms with Crippen molar-refractivity contribution in [1.82, 2.24) is 24.9 Å². The smallest absolute Gasteiger partial charge is 0.237 e. The van der Waals surface area contributed by atoms with Crippen LogP contribution >= 0.6 is 23.1 Å². The Morgan fingerprint density at radius 2 is 2.22 bits per heavy atom. The first-order valence-electron chi connectivity index (χ1n) is 6.74. The van der Waals surface area contributed by atoms with Crippen LogP contribution in [-0.2, 0) is 12.8 Å². The van der Waals surface area contributed by atoms with E-state index in [0.717, 1.165) is 10.0 Å². The highest BCUT2D eigenvalue weighted by Gasteiger charge is 2.15. The fourth-order valence-corrected chi connectivity index (χ4v) is 3.40. The lowest BCUT2D eigenvalue weighted by atomic mass is 10.4. The highest BCUT2D eigenvalue weighted by Crippen LogP contribution is 2.26. The minimum Gasteiger partial charge on any atom is -0.461 e. The predicted molar refractivity (Wildman–Crippen MR) is 85.9 cm³/mol. The molecule has 0 aromatic carbocycles. The van der Waals surface area contributed by atoms with Gasteiger partial charge in [0, 0.05) is 7.05 Å². The lowest BCUT2D eigenvalue weighted by molar-refractivity contribution is 0.391. The van der Waals surface area contributed by atoms with Gasteiger partial charge in [0.05, 0.1) is 16.9 Å². The Kier molecular flexibility index (Phi) is 3.72. The largest absolute Gasteiger partial charge is 0.461 e. The molecular formula is C14H11N5O2S2. The van der Waals surface area contributed by atoms with E-state index >= 15 is 0 Å². The second kappa shape index (κ2) is 6.01. The Morgan fingerprint density at radius 1 is 1.26 bits per heavy atom. The Hall–Kier alpha value is -2.39. The Morgan fingerprint density at radius 3 is 3.00 bits per heavy atom. The van der Waals surface area contributed by atoms with Gasteiger partial charge < -0.3 is 13.5 Å². The maximum absolute atomic E-state index is 5.35. The van der Waals surface area contributed by atoms with Gasteiger partial charge in [-0.1, -0.05) is 23.0 Å². The zero-order valence-corrected chi connectivity index (χ0v) is 13.7. The molecule has 116 valence electrons. The average Bonchev–Trinajstić information content (AvgIpc) is 3.33. The molecular weight excluding hydrogens is 334 g/mol. The van der Waals surface area contributed by atoms with Crippen molar-refractivity contribution in [1.29, 1.82) is 0 Å². The summed E-state index contributed by atoms with van der Waals surface area (Å²) in [6.45, 7) is 0. The minimum absolute atomic E-state index is 0.530. The maximum atomic E-state index is 5.35. The summed E-state index contributed by atoms with van der Waals surface area (Å²) in [4.78, 5) is 5.38. The number of nitrogens with zero attached hydrogens (tertiary/aromatic N) is 5. The van der Waals surface area contributed by atoms with E-state index in [2.05, 4.69) is 20.3 Å². The van der Waals surface area contributed by atoms with Gasteiger partial charge in [-0.2, -0.15) is 4.98 Å². The number of thiophene rings is 1. The van der Waals surface area contributed by atoms with Gasteiger partial charge in [0.15, 0.2) is 16.7 Å². The van der Waals surface area contributed by atoms with E-state index in [1.54, 1.807) is 17.6 Å². The molecule has 4 aromatic rings. The van der Waals surface area contributed by atoms with Crippen LogP contribution in [-0.4, -0.2) is 24.9 Å². The minimum atomic E-state index is 0.530. The van der Waals surface area contributed by atoms with Crippen molar-refractivity contribution < 1.29 is 8.94 Å². The van der Waals surface area contributed by atoms with E-state index in [1.165, 1.54) is 11.8 Å². The molecule has 0 atom stereocenters. The molecule has 0 amide bonds. The molecule has 9 heteroatoms. The summed E-state index contributed by atoms with van der Waals surface area (Å²) in [5, 5.41) is 15.1. The van der Waals surface area contributed by atoms with Crippen LogP contribution in [0.5, 0.6) is 0 Å². The second-order valence-electron chi connectivity index (χ2n) is 4.62. The summed E-state index contributed by atoms with van der Waals surface area (Å²) in [7, 11) is 1.89. The number of hydrogen-bond donors (Lipinski definition) is 0. The molecule has 0 aliphatic heterocycles.